The fraction of sp³-hybridized carbons (Fsp3) is 0.529. The van der Waals surface area contributed by atoms with Gasteiger partial charge in [-0.05, 0) is 24.1 Å². The molecule has 0 unspecified atom stereocenters. The molecule has 3 N–H and O–H groups in total. The summed E-state index contributed by atoms with van der Waals surface area (Å²) in [6.07, 6.45) is 7.61. The van der Waals surface area contributed by atoms with Crippen LogP contribution in [0.25, 0.3) is 0 Å². The van der Waals surface area contributed by atoms with Crippen LogP contribution >= 0.6 is 0 Å². The van der Waals surface area contributed by atoms with Crippen molar-refractivity contribution in [2.45, 2.75) is 52.0 Å². The first-order valence-electron chi connectivity index (χ1n) is 7.79. The summed E-state index contributed by atoms with van der Waals surface area (Å²) in [6, 6.07) is 9.56. The van der Waals surface area contributed by atoms with E-state index in [1.165, 1.54) is 32.1 Å². The predicted octanol–water partition coefficient (Wildman–Crippen LogP) is 3.32. The molecule has 1 aromatic rings. The maximum atomic E-state index is 8.84. The summed E-state index contributed by atoms with van der Waals surface area (Å²) in [5, 5.41) is 12.0. The fourth-order valence-electron chi connectivity index (χ4n) is 2.09. The minimum Gasteiger partial charge on any atom is -0.370 e. The van der Waals surface area contributed by atoms with Gasteiger partial charge in [-0.3, -0.25) is 0 Å². The maximum Gasteiger partial charge on any atom is 0.188 e. The molecule has 0 radical (unpaired) electrons. The van der Waals surface area contributed by atoms with Crippen molar-refractivity contribution in [3.05, 3.63) is 35.4 Å². The molecule has 1 aromatic carbocycles. The van der Waals surface area contributed by atoms with Gasteiger partial charge in [0.05, 0.1) is 18.2 Å². The largest absolute Gasteiger partial charge is 0.370 e. The Kier molecular flexibility index (Phi) is 8.70. The first kappa shape index (κ1) is 17.0. The molecule has 0 aliphatic heterocycles. The summed E-state index contributed by atoms with van der Waals surface area (Å²) in [7, 11) is 0. The van der Waals surface area contributed by atoms with Crippen LogP contribution in [0.15, 0.2) is 29.3 Å². The van der Waals surface area contributed by atoms with Crippen LogP contribution in [0, 0.1) is 11.3 Å². The van der Waals surface area contributed by atoms with Crippen LogP contribution in [-0.2, 0) is 6.54 Å². The van der Waals surface area contributed by atoms with Crippen molar-refractivity contribution >= 4 is 5.96 Å². The van der Waals surface area contributed by atoms with Crippen LogP contribution in [0.5, 0.6) is 0 Å². The van der Waals surface area contributed by atoms with Crippen LogP contribution in [0.2, 0.25) is 0 Å². The maximum absolute atomic E-state index is 8.84. The first-order chi connectivity index (χ1) is 10.3. The molecule has 0 fully saturated rings. The standard InChI is InChI=1S/C17H26N4/c1-2-3-4-5-6-7-11-20-17(19)21-14-16-10-8-9-15(12-16)13-18/h8-10,12H,2-7,11,14H2,1H3,(H3,19,20,21). The Morgan fingerprint density at radius 2 is 2.00 bits per heavy atom. The van der Waals surface area contributed by atoms with Crippen LogP contribution in [0.4, 0.5) is 0 Å². The molecule has 4 heteroatoms. The number of aliphatic imine (C=N–C) groups is 1. The highest BCUT2D eigenvalue weighted by molar-refractivity contribution is 5.77. The molecule has 114 valence electrons. The Bertz CT molecular complexity index is 474. The number of nitrogens with one attached hydrogen (secondary N) is 1. The molecule has 0 aromatic heterocycles. The van der Waals surface area contributed by atoms with Crippen LogP contribution in [0.3, 0.4) is 0 Å². The first-order valence-corrected chi connectivity index (χ1v) is 7.79. The summed E-state index contributed by atoms with van der Waals surface area (Å²) in [4.78, 5) is 4.29. The van der Waals surface area contributed by atoms with E-state index in [0.717, 1.165) is 18.5 Å². The number of hydrogen-bond donors (Lipinski definition) is 2. The molecular formula is C17H26N4. The highest BCUT2D eigenvalue weighted by Crippen LogP contribution is 2.05. The molecule has 0 saturated heterocycles. The highest BCUT2D eigenvalue weighted by atomic mass is 15.1. The lowest BCUT2D eigenvalue weighted by Crippen LogP contribution is -2.32. The molecule has 0 bridgehead atoms. The third-order valence-electron chi connectivity index (χ3n) is 3.32. The van der Waals surface area contributed by atoms with E-state index in [1.54, 1.807) is 6.07 Å². The zero-order valence-electron chi connectivity index (χ0n) is 12.9. The summed E-state index contributed by atoms with van der Waals surface area (Å²) in [6.45, 7) is 3.61. The van der Waals surface area contributed by atoms with Crippen LogP contribution < -0.4 is 11.1 Å². The fourth-order valence-corrected chi connectivity index (χ4v) is 2.09. The van der Waals surface area contributed by atoms with Crippen molar-refractivity contribution in [3.8, 4) is 6.07 Å². The van der Waals surface area contributed by atoms with E-state index in [4.69, 9.17) is 11.0 Å². The van der Waals surface area contributed by atoms with Gasteiger partial charge in [0.25, 0.3) is 0 Å². The third-order valence-corrected chi connectivity index (χ3v) is 3.32. The third kappa shape index (κ3) is 7.98. The van der Waals surface area contributed by atoms with Crippen molar-refractivity contribution in [2.75, 3.05) is 6.54 Å². The van der Waals surface area contributed by atoms with Gasteiger partial charge in [0, 0.05) is 6.54 Å². The lowest BCUT2D eigenvalue weighted by atomic mass is 10.1. The van der Waals surface area contributed by atoms with Crippen LogP contribution in [-0.4, -0.2) is 12.5 Å². The van der Waals surface area contributed by atoms with Gasteiger partial charge in [-0.2, -0.15) is 5.26 Å². The molecule has 0 amide bonds. The lowest BCUT2D eigenvalue weighted by Gasteiger charge is -2.05. The molecule has 0 atom stereocenters. The van der Waals surface area contributed by atoms with E-state index in [2.05, 4.69) is 23.3 Å². The quantitative estimate of drug-likeness (QED) is 0.415. The normalized spacial score (nSPS) is 11.1. The highest BCUT2D eigenvalue weighted by Gasteiger charge is 1.96. The Labute approximate surface area is 128 Å². The van der Waals surface area contributed by atoms with Crippen LogP contribution in [0.1, 0.15) is 56.6 Å². The number of nitrogens with zero attached hydrogens (tertiary/aromatic N) is 2. The molecule has 0 heterocycles. The van der Waals surface area contributed by atoms with Gasteiger partial charge in [-0.1, -0.05) is 51.2 Å². The van der Waals surface area contributed by atoms with Crippen molar-refractivity contribution in [2.24, 2.45) is 10.7 Å². The van der Waals surface area contributed by atoms with Crippen molar-refractivity contribution in [1.29, 1.82) is 5.26 Å². The number of benzene rings is 1. The summed E-state index contributed by atoms with van der Waals surface area (Å²) < 4.78 is 0. The monoisotopic (exact) mass is 286 g/mol. The Balaban J connectivity index is 2.19. The number of hydrogen-bond acceptors (Lipinski definition) is 2. The van der Waals surface area contributed by atoms with Crippen molar-refractivity contribution < 1.29 is 0 Å². The Morgan fingerprint density at radius 3 is 2.76 bits per heavy atom. The Morgan fingerprint density at radius 1 is 1.24 bits per heavy atom. The second kappa shape index (κ2) is 10.7. The summed E-state index contributed by atoms with van der Waals surface area (Å²) in [5.74, 6) is 0.478. The smallest absolute Gasteiger partial charge is 0.188 e. The van der Waals surface area contributed by atoms with Gasteiger partial charge in [-0.15, -0.1) is 0 Å². The van der Waals surface area contributed by atoms with Gasteiger partial charge in [0.15, 0.2) is 5.96 Å². The average molecular weight is 286 g/mol. The molecular weight excluding hydrogens is 260 g/mol. The van der Waals surface area contributed by atoms with Gasteiger partial charge in [0.2, 0.25) is 0 Å². The minimum absolute atomic E-state index is 0.478. The molecule has 0 aliphatic rings. The minimum atomic E-state index is 0.478. The van der Waals surface area contributed by atoms with Gasteiger partial charge >= 0.3 is 0 Å². The number of nitrogens with two attached hydrogens (primary N) is 1. The number of guanidine groups is 1. The second-order valence-corrected chi connectivity index (χ2v) is 5.21. The zero-order valence-corrected chi connectivity index (χ0v) is 12.9. The van der Waals surface area contributed by atoms with Gasteiger partial charge in [-0.25, -0.2) is 4.99 Å². The predicted molar refractivity (Wildman–Crippen MR) is 87.9 cm³/mol. The number of nitriles is 1. The summed E-state index contributed by atoms with van der Waals surface area (Å²) in [5.41, 5.74) is 7.48. The average Bonchev–Trinajstić information content (AvgIpc) is 2.52. The van der Waals surface area contributed by atoms with E-state index in [1.807, 2.05) is 18.2 Å². The van der Waals surface area contributed by atoms with Crippen molar-refractivity contribution in [3.63, 3.8) is 0 Å². The molecule has 1 rings (SSSR count). The molecule has 21 heavy (non-hydrogen) atoms. The van der Waals surface area contributed by atoms with E-state index in [0.29, 0.717) is 18.1 Å². The SMILES string of the molecule is CCCCCCCCNC(N)=NCc1cccc(C#N)c1. The van der Waals surface area contributed by atoms with Gasteiger partial charge in [0.1, 0.15) is 0 Å². The van der Waals surface area contributed by atoms with E-state index in [-0.39, 0.29) is 0 Å². The zero-order chi connectivity index (χ0) is 15.3. The molecule has 0 saturated carbocycles. The summed E-state index contributed by atoms with van der Waals surface area (Å²) >= 11 is 0. The van der Waals surface area contributed by atoms with E-state index < -0.39 is 0 Å². The lowest BCUT2D eigenvalue weighted by molar-refractivity contribution is 0.601. The number of rotatable bonds is 9. The molecule has 0 spiro atoms. The van der Waals surface area contributed by atoms with Crippen molar-refractivity contribution in [1.82, 2.24) is 5.32 Å². The topological polar surface area (TPSA) is 74.2 Å². The molecule has 0 aliphatic carbocycles. The second-order valence-electron chi connectivity index (χ2n) is 5.21. The van der Waals surface area contributed by atoms with E-state index >= 15 is 0 Å². The number of unbranched alkanes of at least 4 members (excludes halogenated alkanes) is 5. The van der Waals surface area contributed by atoms with E-state index in [9.17, 15) is 0 Å². The molecule has 4 nitrogen and oxygen atoms in total. The van der Waals surface area contributed by atoms with Gasteiger partial charge < -0.3 is 11.1 Å². The Hall–Kier alpha value is -2.02.